The molecule has 1 aromatic rings. The van der Waals surface area contributed by atoms with Gasteiger partial charge in [0.25, 0.3) is 0 Å². The predicted molar refractivity (Wildman–Crippen MR) is 121 cm³/mol. The first-order valence-corrected chi connectivity index (χ1v) is 9.38. The third-order valence-electron chi connectivity index (χ3n) is 4.78. The minimum absolute atomic E-state index is 0. The van der Waals surface area contributed by atoms with E-state index in [2.05, 4.69) is 58.6 Å². The fourth-order valence-corrected chi connectivity index (χ4v) is 2.93. The molecule has 0 spiro atoms. The van der Waals surface area contributed by atoms with Gasteiger partial charge >= 0.3 is 0 Å². The molecule has 1 unspecified atom stereocenters. The van der Waals surface area contributed by atoms with Crippen molar-refractivity contribution in [2.45, 2.75) is 38.6 Å². The Balaban J connectivity index is 0.00000338. The molecule has 26 heavy (non-hydrogen) atoms. The lowest BCUT2D eigenvalue weighted by Crippen LogP contribution is -2.43. The summed E-state index contributed by atoms with van der Waals surface area (Å²) < 4.78 is 5.21. The molecule has 1 atom stereocenters. The Morgan fingerprint density at radius 2 is 1.92 bits per heavy atom. The van der Waals surface area contributed by atoms with Gasteiger partial charge in [0.2, 0.25) is 0 Å². The molecular formula is C20H35IN4O. The van der Waals surface area contributed by atoms with Gasteiger partial charge in [-0.1, -0.05) is 36.8 Å². The average Bonchev–Trinajstić information content (AvgIpc) is 3.46. The molecule has 0 saturated heterocycles. The summed E-state index contributed by atoms with van der Waals surface area (Å²) in [5.74, 6) is 1.32. The van der Waals surface area contributed by atoms with Gasteiger partial charge in [0, 0.05) is 46.4 Å². The van der Waals surface area contributed by atoms with E-state index < -0.39 is 0 Å². The number of nitrogens with one attached hydrogen (secondary N) is 2. The number of methoxy groups -OCH3 is 1. The first-order valence-electron chi connectivity index (χ1n) is 9.38. The van der Waals surface area contributed by atoms with Gasteiger partial charge in [-0.15, -0.1) is 24.0 Å². The number of hydrogen-bond acceptors (Lipinski definition) is 3. The van der Waals surface area contributed by atoms with Crippen molar-refractivity contribution in [2.75, 3.05) is 46.9 Å². The van der Waals surface area contributed by atoms with Gasteiger partial charge in [-0.25, -0.2) is 0 Å². The minimum atomic E-state index is 0. The highest BCUT2D eigenvalue weighted by Gasteiger charge is 2.28. The van der Waals surface area contributed by atoms with Gasteiger partial charge in [0.15, 0.2) is 5.96 Å². The second-order valence-electron chi connectivity index (χ2n) is 6.95. The lowest BCUT2D eigenvalue weighted by molar-refractivity contribution is 0.144. The van der Waals surface area contributed by atoms with Crippen molar-refractivity contribution in [1.29, 1.82) is 0 Å². The van der Waals surface area contributed by atoms with Gasteiger partial charge in [0.1, 0.15) is 0 Å². The zero-order valence-corrected chi connectivity index (χ0v) is 19.0. The molecule has 0 aliphatic heterocycles. The van der Waals surface area contributed by atoms with Crippen molar-refractivity contribution in [2.24, 2.45) is 4.99 Å². The summed E-state index contributed by atoms with van der Waals surface area (Å²) in [7, 11) is 3.60. The Labute approximate surface area is 176 Å². The molecule has 0 heterocycles. The van der Waals surface area contributed by atoms with Crippen molar-refractivity contribution < 1.29 is 4.74 Å². The summed E-state index contributed by atoms with van der Waals surface area (Å²) >= 11 is 0. The van der Waals surface area contributed by atoms with E-state index >= 15 is 0 Å². The van der Waals surface area contributed by atoms with Crippen LogP contribution in [-0.4, -0.2) is 63.8 Å². The van der Waals surface area contributed by atoms with Crippen LogP contribution >= 0.6 is 24.0 Å². The van der Waals surface area contributed by atoms with Crippen molar-refractivity contribution in [3.05, 3.63) is 35.4 Å². The fourth-order valence-electron chi connectivity index (χ4n) is 2.93. The number of rotatable bonds is 10. The van der Waals surface area contributed by atoms with Gasteiger partial charge < -0.3 is 15.4 Å². The maximum Gasteiger partial charge on any atom is 0.191 e. The third-order valence-corrected chi connectivity index (χ3v) is 4.78. The summed E-state index contributed by atoms with van der Waals surface area (Å²) in [6.07, 6.45) is 2.65. The highest BCUT2D eigenvalue weighted by Crippen LogP contribution is 2.25. The Morgan fingerprint density at radius 1 is 1.23 bits per heavy atom. The zero-order valence-electron chi connectivity index (χ0n) is 16.6. The van der Waals surface area contributed by atoms with Gasteiger partial charge in [-0.2, -0.15) is 0 Å². The first kappa shape index (κ1) is 23.2. The smallest absolute Gasteiger partial charge is 0.191 e. The lowest BCUT2D eigenvalue weighted by atomic mass is 10.0. The lowest BCUT2D eigenvalue weighted by Gasteiger charge is -2.22. The predicted octanol–water partition coefficient (Wildman–Crippen LogP) is 2.99. The second-order valence-corrected chi connectivity index (χ2v) is 6.95. The van der Waals surface area contributed by atoms with Crippen LogP contribution in [0.2, 0.25) is 0 Å². The monoisotopic (exact) mass is 474 g/mol. The molecule has 2 N–H and O–H groups in total. The molecule has 0 radical (unpaired) electrons. The van der Waals surface area contributed by atoms with Gasteiger partial charge in [-0.05, 0) is 31.2 Å². The molecule has 1 aliphatic carbocycles. The van der Waals surface area contributed by atoms with E-state index in [1.54, 1.807) is 7.11 Å². The maximum absolute atomic E-state index is 5.21. The number of aryl methyl sites for hydroxylation is 1. The number of nitrogens with zero attached hydrogens (tertiary/aromatic N) is 2. The summed E-state index contributed by atoms with van der Waals surface area (Å²) in [6.45, 7) is 8.98. The fraction of sp³-hybridized carbons (Fsp3) is 0.650. The highest BCUT2D eigenvalue weighted by molar-refractivity contribution is 14.0. The molecule has 1 saturated carbocycles. The van der Waals surface area contributed by atoms with E-state index in [9.17, 15) is 0 Å². The van der Waals surface area contributed by atoms with Crippen LogP contribution in [0.15, 0.2) is 29.3 Å². The van der Waals surface area contributed by atoms with E-state index in [1.165, 1.54) is 24.0 Å². The molecule has 6 heteroatoms. The number of ether oxygens (including phenoxy) is 1. The van der Waals surface area contributed by atoms with Crippen LogP contribution < -0.4 is 10.6 Å². The van der Waals surface area contributed by atoms with Crippen LogP contribution in [0, 0.1) is 6.92 Å². The van der Waals surface area contributed by atoms with Crippen LogP contribution in [-0.2, 0) is 4.74 Å². The largest absolute Gasteiger partial charge is 0.383 e. The normalized spacial score (nSPS) is 15.5. The average molecular weight is 474 g/mol. The topological polar surface area (TPSA) is 48.9 Å². The number of halogens is 1. The molecule has 0 amide bonds. The molecule has 1 aromatic carbocycles. The van der Waals surface area contributed by atoms with Crippen LogP contribution in [0.1, 0.15) is 36.8 Å². The third kappa shape index (κ3) is 8.22. The molecule has 0 aromatic heterocycles. The van der Waals surface area contributed by atoms with Crippen molar-refractivity contribution in [1.82, 2.24) is 15.5 Å². The summed E-state index contributed by atoms with van der Waals surface area (Å²) in [6, 6.07) is 9.52. The Kier molecular flexibility index (Phi) is 11.2. The van der Waals surface area contributed by atoms with E-state index in [0.29, 0.717) is 5.92 Å². The minimum Gasteiger partial charge on any atom is -0.383 e. The Bertz CT molecular complexity index is 531. The molecule has 1 fully saturated rings. The van der Waals surface area contributed by atoms with E-state index in [1.807, 2.05) is 7.05 Å². The Morgan fingerprint density at radius 3 is 2.50 bits per heavy atom. The summed E-state index contributed by atoms with van der Waals surface area (Å²) in [5, 5.41) is 6.87. The van der Waals surface area contributed by atoms with Crippen molar-refractivity contribution >= 4 is 29.9 Å². The SMILES string of the molecule is CN=C(NCCN(CCOC)C1CC1)NCC(C)c1ccc(C)cc1.I. The van der Waals surface area contributed by atoms with E-state index in [-0.39, 0.29) is 24.0 Å². The Hall–Kier alpha value is -0.860. The number of aliphatic imine (C=N–C) groups is 1. The molecule has 148 valence electrons. The molecule has 0 bridgehead atoms. The number of guanidine groups is 1. The quantitative estimate of drug-likeness (QED) is 0.311. The van der Waals surface area contributed by atoms with Crippen molar-refractivity contribution in [3.8, 4) is 0 Å². The summed E-state index contributed by atoms with van der Waals surface area (Å²) in [5.41, 5.74) is 2.66. The van der Waals surface area contributed by atoms with Crippen LogP contribution in [0.3, 0.4) is 0 Å². The standard InChI is InChI=1S/C20H34N4O.HI/c1-16-5-7-18(8-6-16)17(2)15-23-20(21-3)22-11-12-24(13-14-25-4)19-9-10-19;/h5-8,17,19H,9-15H2,1-4H3,(H2,21,22,23);1H. The van der Waals surface area contributed by atoms with E-state index in [0.717, 1.165) is 44.8 Å². The summed E-state index contributed by atoms with van der Waals surface area (Å²) in [4.78, 5) is 6.85. The first-order chi connectivity index (χ1) is 12.1. The molecule has 1 aliphatic rings. The van der Waals surface area contributed by atoms with Crippen LogP contribution in [0.5, 0.6) is 0 Å². The number of benzene rings is 1. The van der Waals surface area contributed by atoms with E-state index in [4.69, 9.17) is 4.74 Å². The maximum atomic E-state index is 5.21. The number of hydrogen-bond donors (Lipinski definition) is 2. The molecule has 5 nitrogen and oxygen atoms in total. The van der Waals surface area contributed by atoms with Crippen molar-refractivity contribution in [3.63, 3.8) is 0 Å². The van der Waals surface area contributed by atoms with Gasteiger partial charge in [-0.3, -0.25) is 9.89 Å². The highest BCUT2D eigenvalue weighted by atomic mass is 127. The zero-order chi connectivity index (χ0) is 18.1. The molecule has 2 rings (SSSR count). The molecular weight excluding hydrogens is 439 g/mol. The van der Waals surface area contributed by atoms with Crippen LogP contribution in [0.4, 0.5) is 0 Å². The van der Waals surface area contributed by atoms with Crippen LogP contribution in [0.25, 0.3) is 0 Å². The second kappa shape index (κ2) is 12.5. The van der Waals surface area contributed by atoms with Gasteiger partial charge in [0.05, 0.1) is 6.61 Å².